The minimum Gasteiger partial charge on any atom is -0.360 e. The second kappa shape index (κ2) is 7.10. The molecule has 0 radical (unpaired) electrons. The Labute approximate surface area is 168 Å². The van der Waals surface area contributed by atoms with Crippen molar-refractivity contribution in [1.82, 2.24) is 4.98 Å². The zero-order valence-corrected chi connectivity index (χ0v) is 15.8. The first-order chi connectivity index (χ1) is 13.8. The largest absolute Gasteiger partial charge is 0.360 e. The van der Waals surface area contributed by atoms with E-state index in [9.17, 15) is 0 Å². The maximum Gasteiger partial charge on any atom is 0.102 e. The topological polar surface area (TPSA) is 40.5 Å². The molecule has 28 heavy (non-hydrogen) atoms. The zero-order valence-electron chi connectivity index (χ0n) is 15.1. The molecule has 3 aromatic carbocycles. The first-order valence-corrected chi connectivity index (χ1v) is 9.65. The molecule has 1 aromatic heterocycles. The van der Waals surface area contributed by atoms with E-state index in [1.807, 2.05) is 54.9 Å². The number of hydrogen-bond donors (Lipinski definition) is 1. The number of aliphatic imine (C=N–C) groups is 2. The molecule has 4 heteroatoms. The maximum absolute atomic E-state index is 6.23. The number of rotatable bonds is 3. The number of benzene rings is 3. The van der Waals surface area contributed by atoms with Crippen LogP contribution in [-0.2, 0) is 0 Å². The minimum atomic E-state index is -0.0762. The van der Waals surface area contributed by atoms with E-state index in [1.165, 1.54) is 0 Å². The fraction of sp³-hybridized carbons (Fsp3) is 0.0833. The summed E-state index contributed by atoms with van der Waals surface area (Å²) in [5.41, 5.74) is 5.25. The van der Waals surface area contributed by atoms with Crippen LogP contribution in [0.25, 0.3) is 10.9 Å². The van der Waals surface area contributed by atoms with E-state index in [2.05, 4.69) is 41.4 Å². The molecule has 136 valence electrons. The lowest BCUT2D eigenvalue weighted by Gasteiger charge is -2.25. The Morgan fingerprint density at radius 2 is 1.46 bits per heavy atom. The van der Waals surface area contributed by atoms with Crippen LogP contribution in [0.5, 0.6) is 0 Å². The summed E-state index contributed by atoms with van der Waals surface area (Å²) < 4.78 is 0. The fourth-order valence-electron chi connectivity index (χ4n) is 3.76. The van der Waals surface area contributed by atoms with Crippen molar-refractivity contribution < 1.29 is 0 Å². The Morgan fingerprint density at radius 1 is 0.786 bits per heavy atom. The SMILES string of the molecule is Clc1ccc2[nH]cc(C3=N[C@H](c4ccccc4)[C@@H](c4ccccc4)N=C3)c2c1. The summed E-state index contributed by atoms with van der Waals surface area (Å²) in [7, 11) is 0. The van der Waals surface area contributed by atoms with Gasteiger partial charge in [-0.1, -0.05) is 72.3 Å². The maximum atomic E-state index is 6.23. The molecular formula is C24H18ClN3. The molecule has 5 rings (SSSR count). The molecular weight excluding hydrogens is 366 g/mol. The van der Waals surface area contributed by atoms with E-state index in [-0.39, 0.29) is 12.1 Å². The van der Waals surface area contributed by atoms with Crippen LogP contribution in [0.3, 0.4) is 0 Å². The number of nitrogens with one attached hydrogen (secondary N) is 1. The number of aromatic amines is 1. The highest BCUT2D eigenvalue weighted by Crippen LogP contribution is 2.38. The lowest BCUT2D eigenvalue weighted by atomic mass is 9.92. The number of fused-ring (bicyclic) bond motifs is 1. The Balaban J connectivity index is 1.63. The van der Waals surface area contributed by atoms with E-state index in [4.69, 9.17) is 21.6 Å². The van der Waals surface area contributed by atoms with Gasteiger partial charge in [-0.15, -0.1) is 0 Å². The standard InChI is InChI=1S/C24H18ClN3/c25-18-11-12-21-19(13-18)20(14-26-21)22-15-27-23(16-7-3-1-4-8-16)24(28-22)17-9-5-2-6-10-17/h1-15,23-24,26H/t23-,24-/m1/s1. The summed E-state index contributed by atoms with van der Waals surface area (Å²) in [4.78, 5) is 13.4. The molecule has 1 aliphatic heterocycles. The average molecular weight is 384 g/mol. The predicted octanol–water partition coefficient (Wildman–Crippen LogP) is 6.18. The summed E-state index contributed by atoms with van der Waals surface area (Å²) in [5, 5.41) is 1.77. The van der Waals surface area contributed by atoms with Gasteiger partial charge < -0.3 is 4.98 Å². The van der Waals surface area contributed by atoms with E-state index in [0.717, 1.165) is 33.3 Å². The van der Waals surface area contributed by atoms with Crippen molar-refractivity contribution in [2.75, 3.05) is 0 Å². The quantitative estimate of drug-likeness (QED) is 0.439. The summed E-state index contributed by atoms with van der Waals surface area (Å²) in [6, 6.07) is 26.5. The number of H-pyrrole nitrogens is 1. The molecule has 1 aliphatic rings. The Hall–Kier alpha value is -3.17. The van der Waals surface area contributed by atoms with E-state index in [0.29, 0.717) is 5.02 Å². The average Bonchev–Trinajstić information content (AvgIpc) is 3.17. The Kier molecular flexibility index (Phi) is 4.30. The van der Waals surface area contributed by atoms with Crippen LogP contribution in [-0.4, -0.2) is 16.9 Å². The summed E-state index contributed by atoms with van der Waals surface area (Å²) in [6.07, 6.45) is 3.87. The van der Waals surface area contributed by atoms with E-state index < -0.39 is 0 Å². The van der Waals surface area contributed by atoms with Gasteiger partial charge in [0.25, 0.3) is 0 Å². The van der Waals surface area contributed by atoms with Gasteiger partial charge >= 0.3 is 0 Å². The second-order valence-electron chi connectivity index (χ2n) is 6.90. The van der Waals surface area contributed by atoms with Crippen LogP contribution in [0.15, 0.2) is 95.0 Å². The van der Waals surface area contributed by atoms with Crippen molar-refractivity contribution in [2.24, 2.45) is 9.98 Å². The third kappa shape index (κ3) is 3.04. The van der Waals surface area contributed by atoms with Gasteiger partial charge in [-0.25, -0.2) is 0 Å². The second-order valence-corrected chi connectivity index (χ2v) is 7.33. The van der Waals surface area contributed by atoms with Crippen molar-refractivity contribution in [2.45, 2.75) is 12.1 Å². The van der Waals surface area contributed by atoms with Gasteiger partial charge in [0.05, 0.1) is 5.71 Å². The highest BCUT2D eigenvalue weighted by Gasteiger charge is 2.27. The van der Waals surface area contributed by atoms with E-state index in [1.54, 1.807) is 0 Å². The van der Waals surface area contributed by atoms with Gasteiger partial charge in [0.2, 0.25) is 0 Å². The van der Waals surface area contributed by atoms with Crippen LogP contribution in [0.2, 0.25) is 5.02 Å². The predicted molar refractivity (Wildman–Crippen MR) is 117 cm³/mol. The molecule has 0 unspecified atom stereocenters. The minimum absolute atomic E-state index is 0.0406. The third-order valence-corrected chi connectivity index (χ3v) is 5.37. The molecule has 0 amide bonds. The molecule has 0 aliphatic carbocycles. The van der Waals surface area contributed by atoms with Crippen LogP contribution in [0.1, 0.15) is 28.8 Å². The monoisotopic (exact) mass is 383 g/mol. The van der Waals surface area contributed by atoms with Gasteiger partial charge in [-0.2, -0.15) is 0 Å². The smallest absolute Gasteiger partial charge is 0.102 e. The lowest BCUT2D eigenvalue weighted by molar-refractivity contribution is 0.577. The van der Waals surface area contributed by atoms with Crippen LogP contribution in [0.4, 0.5) is 0 Å². The van der Waals surface area contributed by atoms with Gasteiger partial charge in [0, 0.05) is 33.9 Å². The fourth-order valence-corrected chi connectivity index (χ4v) is 3.93. The van der Waals surface area contributed by atoms with Crippen molar-refractivity contribution in [3.63, 3.8) is 0 Å². The van der Waals surface area contributed by atoms with Crippen molar-refractivity contribution in [1.29, 1.82) is 0 Å². The molecule has 0 fully saturated rings. The normalized spacial score (nSPS) is 19.0. The number of hydrogen-bond acceptors (Lipinski definition) is 2. The number of nitrogens with zero attached hydrogens (tertiary/aromatic N) is 2. The zero-order chi connectivity index (χ0) is 18.9. The van der Waals surface area contributed by atoms with Crippen molar-refractivity contribution in [3.8, 4) is 0 Å². The lowest BCUT2D eigenvalue weighted by Crippen LogP contribution is -2.18. The Bertz CT molecular complexity index is 1180. The first kappa shape index (κ1) is 17.0. The summed E-state index contributed by atoms with van der Waals surface area (Å²) >= 11 is 6.23. The molecule has 0 saturated carbocycles. The summed E-state index contributed by atoms with van der Waals surface area (Å²) in [6.45, 7) is 0. The van der Waals surface area contributed by atoms with Gasteiger partial charge in [-0.05, 0) is 29.3 Å². The molecule has 4 aromatic rings. The molecule has 2 heterocycles. The van der Waals surface area contributed by atoms with Crippen LogP contribution >= 0.6 is 11.6 Å². The van der Waals surface area contributed by atoms with Gasteiger partial charge in [0.1, 0.15) is 12.1 Å². The molecule has 0 spiro atoms. The van der Waals surface area contributed by atoms with E-state index >= 15 is 0 Å². The van der Waals surface area contributed by atoms with Crippen molar-refractivity contribution in [3.05, 3.63) is 107 Å². The summed E-state index contributed by atoms with van der Waals surface area (Å²) in [5.74, 6) is 0. The third-order valence-electron chi connectivity index (χ3n) is 5.14. The number of aromatic nitrogens is 1. The molecule has 3 nitrogen and oxygen atoms in total. The highest BCUT2D eigenvalue weighted by molar-refractivity contribution is 6.41. The Morgan fingerprint density at radius 3 is 2.18 bits per heavy atom. The van der Waals surface area contributed by atoms with Crippen molar-refractivity contribution >= 4 is 34.4 Å². The van der Waals surface area contributed by atoms with Gasteiger partial charge in [0.15, 0.2) is 0 Å². The van der Waals surface area contributed by atoms with Crippen LogP contribution < -0.4 is 0 Å². The molecule has 0 saturated heterocycles. The molecule has 0 bridgehead atoms. The van der Waals surface area contributed by atoms with Gasteiger partial charge in [-0.3, -0.25) is 9.98 Å². The van der Waals surface area contributed by atoms with Crippen LogP contribution in [0, 0.1) is 0 Å². The molecule has 1 N–H and O–H groups in total. The highest BCUT2D eigenvalue weighted by atomic mass is 35.5. The number of halogens is 1. The molecule has 2 atom stereocenters. The first-order valence-electron chi connectivity index (χ1n) is 9.27.